The zero-order chi connectivity index (χ0) is 17.0. The van der Waals surface area contributed by atoms with Gasteiger partial charge in [0.05, 0.1) is 12.2 Å². The van der Waals surface area contributed by atoms with Crippen molar-refractivity contribution in [2.24, 2.45) is 0 Å². The van der Waals surface area contributed by atoms with Crippen LogP contribution in [-0.4, -0.2) is 39.4 Å². The molecule has 124 valence electrons. The Bertz CT molecular complexity index is 724. The molecule has 2 N–H and O–H groups in total. The van der Waals surface area contributed by atoms with Gasteiger partial charge in [-0.05, 0) is 32.1 Å². The van der Waals surface area contributed by atoms with Gasteiger partial charge in [-0.25, -0.2) is 4.79 Å². The van der Waals surface area contributed by atoms with Crippen molar-refractivity contribution in [2.75, 3.05) is 17.7 Å². The molecule has 0 bridgehead atoms. The van der Waals surface area contributed by atoms with Crippen LogP contribution in [0.4, 0.5) is 5.13 Å². The van der Waals surface area contributed by atoms with Crippen LogP contribution in [-0.2, 0) is 4.74 Å². The largest absolute Gasteiger partial charge is 0.461 e. The van der Waals surface area contributed by atoms with Crippen molar-refractivity contribution in [3.8, 4) is 0 Å². The fourth-order valence-electron chi connectivity index (χ4n) is 2.10. The molecule has 0 aromatic carbocycles. The molecule has 2 aromatic heterocycles. The molecule has 0 aliphatic heterocycles. The maximum Gasteiger partial charge on any atom is 0.355 e. The summed E-state index contributed by atoms with van der Waals surface area (Å²) in [4.78, 5) is 27.3. The predicted octanol–water partition coefficient (Wildman–Crippen LogP) is 3.02. The van der Waals surface area contributed by atoms with Gasteiger partial charge in [0.1, 0.15) is 5.69 Å². The first-order valence-corrected chi connectivity index (χ1v) is 8.92. The lowest BCUT2D eigenvalue weighted by molar-refractivity contribution is 0.0519. The van der Waals surface area contributed by atoms with Crippen LogP contribution in [0.5, 0.6) is 0 Å². The van der Waals surface area contributed by atoms with Crippen LogP contribution in [0.2, 0.25) is 0 Å². The fourth-order valence-corrected chi connectivity index (χ4v) is 3.74. The molecule has 2 rings (SSSR count). The van der Waals surface area contributed by atoms with Gasteiger partial charge in [-0.15, -0.1) is 10.2 Å². The Morgan fingerprint density at radius 2 is 2.04 bits per heavy atom. The minimum Gasteiger partial charge on any atom is -0.461 e. The summed E-state index contributed by atoms with van der Waals surface area (Å²) in [5.41, 5.74) is 1.89. The number of rotatable bonds is 6. The summed E-state index contributed by atoms with van der Waals surface area (Å²) in [7, 11) is 0. The first-order valence-electron chi connectivity index (χ1n) is 7.11. The molecule has 2 aromatic rings. The average molecular weight is 354 g/mol. The van der Waals surface area contributed by atoms with Crippen LogP contribution in [0.25, 0.3) is 0 Å². The Hall–Kier alpha value is -1.87. The summed E-state index contributed by atoms with van der Waals surface area (Å²) in [6.07, 6.45) is 0. The summed E-state index contributed by atoms with van der Waals surface area (Å²) in [6, 6.07) is 0. The average Bonchev–Trinajstić information content (AvgIpc) is 3.04. The third-order valence-corrected chi connectivity index (χ3v) is 4.89. The molecule has 9 heteroatoms. The maximum absolute atomic E-state index is 12.5. The maximum atomic E-state index is 12.5. The van der Waals surface area contributed by atoms with E-state index in [2.05, 4.69) is 20.5 Å². The first kappa shape index (κ1) is 17.5. The smallest absolute Gasteiger partial charge is 0.355 e. The number of ether oxygens (including phenoxy) is 1. The standard InChI is InChI=1S/C14H18N4O3S2/c1-5-21-12(20)10-7(3)9(8(4)15-10)11(19)16-13-17-18-14(23-13)22-6-2/h15H,5-6H2,1-4H3,(H,16,17,19). The van der Waals surface area contributed by atoms with E-state index in [1.807, 2.05) is 6.92 Å². The molecule has 0 fully saturated rings. The van der Waals surface area contributed by atoms with Crippen molar-refractivity contribution in [2.45, 2.75) is 32.0 Å². The van der Waals surface area contributed by atoms with Gasteiger partial charge in [-0.2, -0.15) is 0 Å². The molecule has 2 heterocycles. The molecule has 0 spiro atoms. The van der Waals surface area contributed by atoms with E-state index < -0.39 is 5.97 Å². The molecular formula is C14H18N4O3S2. The number of aromatic amines is 1. The molecule has 0 atom stereocenters. The van der Waals surface area contributed by atoms with Crippen LogP contribution in [0.3, 0.4) is 0 Å². The van der Waals surface area contributed by atoms with Gasteiger partial charge in [-0.3, -0.25) is 10.1 Å². The second-order valence-electron chi connectivity index (χ2n) is 4.61. The molecule has 0 unspecified atom stereocenters. The van der Waals surface area contributed by atoms with Crippen LogP contribution in [0.1, 0.15) is 46.0 Å². The number of anilines is 1. The normalized spacial score (nSPS) is 10.6. The van der Waals surface area contributed by atoms with Gasteiger partial charge in [0.15, 0.2) is 4.34 Å². The highest BCUT2D eigenvalue weighted by Crippen LogP contribution is 2.26. The van der Waals surface area contributed by atoms with Crippen molar-refractivity contribution in [1.29, 1.82) is 0 Å². The highest BCUT2D eigenvalue weighted by atomic mass is 32.2. The molecule has 0 aliphatic rings. The predicted molar refractivity (Wildman–Crippen MR) is 90.5 cm³/mol. The van der Waals surface area contributed by atoms with E-state index in [1.54, 1.807) is 32.5 Å². The number of aryl methyl sites for hydroxylation is 1. The number of amides is 1. The molecule has 0 radical (unpaired) electrons. The van der Waals surface area contributed by atoms with E-state index in [0.29, 0.717) is 27.6 Å². The second-order valence-corrected chi connectivity index (χ2v) is 7.09. The quantitative estimate of drug-likeness (QED) is 0.470. The highest BCUT2D eigenvalue weighted by Gasteiger charge is 2.23. The van der Waals surface area contributed by atoms with Crippen molar-refractivity contribution in [1.82, 2.24) is 15.2 Å². The summed E-state index contributed by atoms with van der Waals surface area (Å²) in [5.74, 6) is 0.0994. The Morgan fingerprint density at radius 3 is 2.70 bits per heavy atom. The highest BCUT2D eigenvalue weighted by molar-refractivity contribution is 8.01. The Kier molecular flexibility index (Phi) is 5.78. The number of hydrogen-bond donors (Lipinski definition) is 2. The first-order chi connectivity index (χ1) is 11.0. The molecule has 0 saturated heterocycles. The molecule has 7 nitrogen and oxygen atoms in total. The summed E-state index contributed by atoms with van der Waals surface area (Å²) < 4.78 is 5.78. The number of nitrogens with one attached hydrogen (secondary N) is 2. The molecule has 1 amide bonds. The van der Waals surface area contributed by atoms with Crippen molar-refractivity contribution >= 4 is 40.1 Å². The number of esters is 1. The molecular weight excluding hydrogens is 336 g/mol. The third kappa shape index (κ3) is 3.91. The number of hydrogen-bond acceptors (Lipinski definition) is 7. The number of carbonyl (C=O) groups excluding carboxylic acids is 2. The Labute approximate surface area is 142 Å². The van der Waals surface area contributed by atoms with Gasteiger partial charge in [0, 0.05) is 5.69 Å². The number of thioether (sulfide) groups is 1. The van der Waals surface area contributed by atoms with Crippen LogP contribution >= 0.6 is 23.1 Å². The lowest BCUT2D eigenvalue weighted by Gasteiger charge is -2.03. The van der Waals surface area contributed by atoms with Gasteiger partial charge in [-0.1, -0.05) is 30.0 Å². The topological polar surface area (TPSA) is 97.0 Å². The fraction of sp³-hybridized carbons (Fsp3) is 0.429. The van der Waals surface area contributed by atoms with E-state index in [-0.39, 0.29) is 12.5 Å². The minimum atomic E-state index is -0.468. The number of carbonyl (C=O) groups is 2. The van der Waals surface area contributed by atoms with Crippen LogP contribution < -0.4 is 5.32 Å². The lowest BCUT2D eigenvalue weighted by Crippen LogP contribution is -2.14. The third-order valence-electron chi connectivity index (χ3n) is 3.04. The van der Waals surface area contributed by atoms with Crippen molar-refractivity contribution in [3.63, 3.8) is 0 Å². The zero-order valence-electron chi connectivity index (χ0n) is 13.3. The van der Waals surface area contributed by atoms with Gasteiger partial charge >= 0.3 is 5.97 Å². The Morgan fingerprint density at radius 1 is 1.30 bits per heavy atom. The van der Waals surface area contributed by atoms with Crippen LogP contribution in [0.15, 0.2) is 4.34 Å². The van der Waals surface area contributed by atoms with E-state index in [4.69, 9.17) is 4.74 Å². The SMILES string of the molecule is CCOC(=O)c1[nH]c(C)c(C(=O)Nc2nnc(SCC)s2)c1C. The van der Waals surface area contributed by atoms with Crippen LogP contribution in [0, 0.1) is 13.8 Å². The number of nitrogens with zero attached hydrogens (tertiary/aromatic N) is 2. The van der Waals surface area contributed by atoms with E-state index in [9.17, 15) is 9.59 Å². The lowest BCUT2D eigenvalue weighted by atomic mass is 10.1. The number of aromatic nitrogens is 3. The summed E-state index contributed by atoms with van der Waals surface area (Å²) in [5, 5.41) is 11.1. The summed E-state index contributed by atoms with van der Waals surface area (Å²) in [6.45, 7) is 7.48. The van der Waals surface area contributed by atoms with Crippen molar-refractivity contribution in [3.05, 3.63) is 22.5 Å². The molecule has 23 heavy (non-hydrogen) atoms. The van der Waals surface area contributed by atoms with Gasteiger partial charge < -0.3 is 9.72 Å². The van der Waals surface area contributed by atoms with Gasteiger partial charge in [0.25, 0.3) is 5.91 Å². The summed E-state index contributed by atoms with van der Waals surface area (Å²) >= 11 is 2.89. The molecule has 0 aliphatic carbocycles. The number of H-pyrrole nitrogens is 1. The molecule has 0 saturated carbocycles. The van der Waals surface area contributed by atoms with Crippen molar-refractivity contribution < 1.29 is 14.3 Å². The zero-order valence-corrected chi connectivity index (χ0v) is 15.0. The Balaban J connectivity index is 2.20. The van der Waals surface area contributed by atoms with E-state index in [0.717, 1.165) is 10.1 Å². The monoisotopic (exact) mass is 354 g/mol. The van der Waals surface area contributed by atoms with E-state index in [1.165, 1.54) is 11.3 Å². The second kappa shape index (κ2) is 7.60. The minimum absolute atomic E-state index is 0.278. The van der Waals surface area contributed by atoms with E-state index >= 15 is 0 Å². The van der Waals surface area contributed by atoms with Gasteiger partial charge in [0.2, 0.25) is 5.13 Å².